The van der Waals surface area contributed by atoms with Crippen LogP contribution in [0.25, 0.3) is 0 Å². The highest BCUT2D eigenvalue weighted by molar-refractivity contribution is 14.1. The van der Waals surface area contributed by atoms with E-state index < -0.39 is 0 Å². The molecule has 1 unspecified atom stereocenters. The van der Waals surface area contributed by atoms with Gasteiger partial charge in [-0.05, 0) is 24.1 Å². The maximum atomic E-state index is 12.1. The van der Waals surface area contributed by atoms with Crippen molar-refractivity contribution in [3.8, 4) is 0 Å². The summed E-state index contributed by atoms with van der Waals surface area (Å²) in [5.41, 5.74) is 7.34. The molecule has 0 aliphatic carbocycles. The Bertz CT molecular complexity index is 735. The first-order chi connectivity index (χ1) is 11.1. The van der Waals surface area contributed by atoms with Gasteiger partial charge in [-0.25, -0.2) is 0 Å². The molecule has 1 aromatic carbocycles. The molecule has 1 aliphatic heterocycles. The lowest BCUT2D eigenvalue weighted by atomic mass is 9.89. The van der Waals surface area contributed by atoms with Gasteiger partial charge < -0.3 is 15.6 Å². The number of amides is 1. The Balaban J connectivity index is 1.87. The second-order valence-electron chi connectivity index (χ2n) is 5.13. The molecule has 2 aromatic rings. The van der Waals surface area contributed by atoms with E-state index in [2.05, 4.69) is 38.1 Å². The van der Waals surface area contributed by atoms with Gasteiger partial charge in [-0.15, -0.1) is 0 Å². The number of alkyl halides is 1. The molecular formula is C15H15IN4O2S. The molecule has 2 heterocycles. The van der Waals surface area contributed by atoms with Gasteiger partial charge in [0.15, 0.2) is 5.17 Å². The molecule has 0 bridgehead atoms. The molecule has 0 fully saturated rings. The number of carbonyl (C=O) groups is 1. The van der Waals surface area contributed by atoms with Crippen molar-refractivity contribution in [3.63, 3.8) is 0 Å². The number of hydrogen-bond donors (Lipinski definition) is 2. The molecule has 1 amide bonds. The minimum absolute atomic E-state index is 0.176. The SMILES string of the molecule is NC1=NC(CI)(c2cccc(NC(=O)c3ccno3)c2)CCS1. The molecule has 120 valence electrons. The predicted molar refractivity (Wildman–Crippen MR) is 100 cm³/mol. The van der Waals surface area contributed by atoms with Gasteiger partial charge in [0.1, 0.15) is 0 Å². The molecule has 23 heavy (non-hydrogen) atoms. The molecule has 0 saturated heterocycles. The van der Waals surface area contributed by atoms with Crippen LogP contribution in [0.5, 0.6) is 0 Å². The van der Waals surface area contributed by atoms with Crippen molar-refractivity contribution in [1.82, 2.24) is 5.16 Å². The van der Waals surface area contributed by atoms with Crippen LogP contribution in [0.15, 0.2) is 46.0 Å². The van der Waals surface area contributed by atoms with Crippen molar-refractivity contribution in [2.75, 3.05) is 15.5 Å². The molecule has 1 aromatic heterocycles. The quantitative estimate of drug-likeness (QED) is 0.561. The number of rotatable bonds is 4. The number of carbonyl (C=O) groups excluding carboxylic acids is 1. The summed E-state index contributed by atoms with van der Waals surface area (Å²) in [5.74, 6) is 0.785. The van der Waals surface area contributed by atoms with Crippen LogP contribution < -0.4 is 11.1 Å². The average Bonchev–Trinajstić information content (AvgIpc) is 3.09. The number of thioether (sulfide) groups is 1. The standard InChI is InChI=1S/C15H15IN4O2S/c16-9-15(5-7-23-14(17)20-15)10-2-1-3-11(8-10)19-13(21)12-4-6-18-22-12/h1-4,6,8H,5,7,9H2,(H2,17,20)(H,19,21). The largest absolute Gasteiger partial charge is 0.379 e. The summed E-state index contributed by atoms with van der Waals surface area (Å²) in [6.07, 6.45) is 2.36. The number of nitrogens with one attached hydrogen (secondary N) is 1. The molecule has 3 rings (SSSR count). The van der Waals surface area contributed by atoms with Crippen LogP contribution in [0.3, 0.4) is 0 Å². The Hall–Kier alpha value is -1.55. The Labute approximate surface area is 151 Å². The first-order valence-electron chi connectivity index (χ1n) is 7.00. The summed E-state index contributed by atoms with van der Waals surface area (Å²) in [4.78, 5) is 16.7. The Morgan fingerprint density at radius 3 is 3.04 bits per heavy atom. The van der Waals surface area contributed by atoms with Gasteiger partial charge in [0, 0.05) is 21.9 Å². The summed E-state index contributed by atoms with van der Waals surface area (Å²) in [7, 11) is 0. The lowest BCUT2D eigenvalue weighted by Crippen LogP contribution is -2.33. The highest BCUT2D eigenvalue weighted by Gasteiger charge is 2.33. The van der Waals surface area contributed by atoms with Crippen LogP contribution in [0.4, 0.5) is 5.69 Å². The van der Waals surface area contributed by atoms with E-state index in [1.165, 1.54) is 12.3 Å². The molecule has 6 nitrogen and oxygen atoms in total. The first-order valence-corrected chi connectivity index (χ1v) is 9.51. The monoisotopic (exact) mass is 442 g/mol. The first kappa shape index (κ1) is 16.3. The van der Waals surface area contributed by atoms with Crippen LogP contribution >= 0.6 is 34.4 Å². The van der Waals surface area contributed by atoms with Crippen molar-refractivity contribution >= 4 is 51.1 Å². The van der Waals surface area contributed by atoms with E-state index in [4.69, 9.17) is 10.3 Å². The Morgan fingerprint density at radius 1 is 1.48 bits per heavy atom. The van der Waals surface area contributed by atoms with E-state index in [0.717, 1.165) is 22.2 Å². The number of aromatic nitrogens is 1. The number of amidine groups is 1. The maximum Gasteiger partial charge on any atom is 0.294 e. The minimum Gasteiger partial charge on any atom is -0.379 e. The Morgan fingerprint density at radius 2 is 2.35 bits per heavy atom. The molecule has 8 heteroatoms. The zero-order chi connectivity index (χ0) is 16.3. The third-order valence-electron chi connectivity index (χ3n) is 3.63. The van der Waals surface area contributed by atoms with Gasteiger partial charge in [-0.1, -0.05) is 51.6 Å². The number of benzene rings is 1. The number of aliphatic imine (C=N–C) groups is 1. The molecule has 1 atom stereocenters. The smallest absolute Gasteiger partial charge is 0.294 e. The summed E-state index contributed by atoms with van der Waals surface area (Å²) in [6.45, 7) is 0. The van der Waals surface area contributed by atoms with Crippen LogP contribution in [-0.4, -0.2) is 26.4 Å². The van der Waals surface area contributed by atoms with Gasteiger partial charge in [0.2, 0.25) is 5.76 Å². The van der Waals surface area contributed by atoms with Crippen LogP contribution in [-0.2, 0) is 5.54 Å². The Kier molecular flexibility index (Phi) is 4.90. The van der Waals surface area contributed by atoms with Crippen molar-refractivity contribution in [2.45, 2.75) is 12.0 Å². The number of nitrogens with two attached hydrogens (primary N) is 1. The van der Waals surface area contributed by atoms with E-state index in [9.17, 15) is 4.79 Å². The van der Waals surface area contributed by atoms with Gasteiger partial charge in [0.05, 0.1) is 11.7 Å². The third kappa shape index (κ3) is 3.52. The maximum absolute atomic E-state index is 12.1. The van der Waals surface area contributed by atoms with Crippen molar-refractivity contribution in [1.29, 1.82) is 0 Å². The van der Waals surface area contributed by atoms with Gasteiger partial charge in [-0.2, -0.15) is 0 Å². The van der Waals surface area contributed by atoms with Crippen molar-refractivity contribution in [2.24, 2.45) is 10.7 Å². The number of anilines is 1. The lowest BCUT2D eigenvalue weighted by Gasteiger charge is -2.32. The zero-order valence-electron chi connectivity index (χ0n) is 12.2. The van der Waals surface area contributed by atoms with E-state index in [1.807, 2.05) is 24.3 Å². The van der Waals surface area contributed by atoms with E-state index >= 15 is 0 Å². The second kappa shape index (κ2) is 6.91. The third-order valence-corrected chi connectivity index (χ3v) is 5.69. The van der Waals surface area contributed by atoms with E-state index in [-0.39, 0.29) is 17.2 Å². The number of nitrogens with zero attached hydrogens (tertiary/aromatic N) is 2. The van der Waals surface area contributed by atoms with Crippen molar-refractivity contribution in [3.05, 3.63) is 47.9 Å². The van der Waals surface area contributed by atoms with Crippen LogP contribution in [0.2, 0.25) is 0 Å². The fraction of sp³-hybridized carbons (Fsp3) is 0.267. The molecule has 0 spiro atoms. The fourth-order valence-electron chi connectivity index (χ4n) is 2.42. The molecule has 0 radical (unpaired) electrons. The van der Waals surface area contributed by atoms with Crippen LogP contribution in [0, 0.1) is 0 Å². The highest BCUT2D eigenvalue weighted by Crippen LogP contribution is 2.38. The fourth-order valence-corrected chi connectivity index (χ4v) is 4.30. The molecule has 3 N–H and O–H groups in total. The summed E-state index contributed by atoms with van der Waals surface area (Å²) >= 11 is 3.92. The van der Waals surface area contributed by atoms with Gasteiger partial charge >= 0.3 is 0 Å². The van der Waals surface area contributed by atoms with E-state index in [1.54, 1.807) is 11.8 Å². The lowest BCUT2D eigenvalue weighted by molar-refractivity contribution is 0.0988. The van der Waals surface area contributed by atoms with Crippen molar-refractivity contribution < 1.29 is 9.32 Å². The predicted octanol–water partition coefficient (Wildman–Crippen LogP) is 3.01. The summed E-state index contributed by atoms with van der Waals surface area (Å²) in [5, 5.41) is 6.97. The number of hydrogen-bond acceptors (Lipinski definition) is 6. The highest BCUT2D eigenvalue weighted by atomic mass is 127. The molecule has 1 aliphatic rings. The normalized spacial score (nSPS) is 20.8. The van der Waals surface area contributed by atoms with Gasteiger partial charge in [0.25, 0.3) is 5.91 Å². The molecular weight excluding hydrogens is 427 g/mol. The minimum atomic E-state index is -0.330. The van der Waals surface area contributed by atoms with Crippen LogP contribution in [0.1, 0.15) is 22.5 Å². The number of halogens is 1. The summed E-state index contributed by atoms with van der Waals surface area (Å²) in [6, 6.07) is 9.24. The average molecular weight is 442 g/mol. The molecule has 0 saturated carbocycles. The van der Waals surface area contributed by atoms with Gasteiger partial charge in [-0.3, -0.25) is 9.79 Å². The van der Waals surface area contributed by atoms with E-state index in [0.29, 0.717) is 10.9 Å². The second-order valence-corrected chi connectivity index (χ2v) is 7.00. The summed E-state index contributed by atoms with van der Waals surface area (Å²) < 4.78 is 5.69. The zero-order valence-corrected chi connectivity index (χ0v) is 15.1. The topological polar surface area (TPSA) is 93.5 Å².